The molecule has 1 aliphatic heterocycles. The number of nitrogens with one attached hydrogen (secondary N) is 1. The molecule has 0 saturated carbocycles. The summed E-state index contributed by atoms with van der Waals surface area (Å²) in [5, 5.41) is 18.5. The van der Waals surface area contributed by atoms with Gasteiger partial charge in [-0.15, -0.1) is 0 Å². The minimum absolute atomic E-state index is 0.219. The molecule has 0 spiro atoms. The Labute approximate surface area is 108 Å². The molecule has 2 heterocycles. The number of aliphatic hydroxyl groups is 2. The van der Waals surface area contributed by atoms with Crippen molar-refractivity contribution in [2.24, 2.45) is 0 Å². The van der Waals surface area contributed by atoms with Gasteiger partial charge in [0.1, 0.15) is 18.4 Å². The van der Waals surface area contributed by atoms with E-state index in [0.29, 0.717) is 12.0 Å². The normalized spacial score (nSPS) is 30.7. The van der Waals surface area contributed by atoms with Crippen molar-refractivity contribution in [1.29, 1.82) is 0 Å². The van der Waals surface area contributed by atoms with Crippen LogP contribution in [0, 0.1) is 0 Å². The number of aromatic amines is 1. The van der Waals surface area contributed by atoms with Crippen molar-refractivity contribution in [3.63, 3.8) is 0 Å². The van der Waals surface area contributed by atoms with Crippen LogP contribution in [-0.4, -0.2) is 40.2 Å². The van der Waals surface area contributed by atoms with Gasteiger partial charge in [0.2, 0.25) is 6.23 Å². The summed E-state index contributed by atoms with van der Waals surface area (Å²) in [4.78, 5) is 14.2. The molecule has 1 aliphatic rings. The second-order valence-corrected chi connectivity index (χ2v) is 4.44. The molecule has 0 bridgehead atoms. The summed E-state index contributed by atoms with van der Waals surface area (Å²) in [7, 11) is 0. The van der Waals surface area contributed by atoms with Gasteiger partial charge in [-0.25, -0.2) is 4.39 Å². The number of rotatable bonds is 3. The summed E-state index contributed by atoms with van der Waals surface area (Å²) in [6.07, 6.45) is -3.63. The van der Waals surface area contributed by atoms with Crippen LogP contribution in [0.3, 0.4) is 0 Å². The molecule has 1 aromatic heterocycles. The van der Waals surface area contributed by atoms with Gasteiger partial charge >= 0.3 is 5.69 Å². The maximum absolute atomic E-state index is 13.9. The van der Waals surface area contributed by atoms with Crippen LogP contribution in [-0.2, 0) is 11.2 Å². The maximum Gasteiger partial charge on any atom is 0.499 e. The zero-order valence-electron chi connectivity index (χ0n) is 10.4. The van der Waals surface area contributed by atoms with Gasteiger partial charge in [0.25, 0.3) is 0 Å². The molecule has 1 fully saturated rings. The van der Waals surface area contributed by atoms with E-state index in [2.05, 4.69) is 4.98 Å². The molecule has 106 valence electrons. The van der Waals surface area contributed by atoms with Crippen LogP contribution in [0.25, 0.3) is 0 Å². The summed E-state index contributed by atoms with van der Waals surface area (Å²) < 4.78 is 20.1. The van der Waals surface area contributed by atoms with Crippen molar-refractivity contribution < 1.29 is 23.9 Å². The summed E-state index contributed by atoms with van der Waals surface area (Å²) in [5.41, 5.74) is 5.63. The Morgan fingerprint density at radius 1 is 1.63 bits per heavy atom. The second-order valence-electron chi connectivity index (χ2n) is 4.44. The largest absolute Gasteiger partial charge is 0.499 e. The number of nitrogen functional groups attached to an aromatic ring is 1. The van der Waals surface area contributed by atoms with Crippen LogP contribution in [0.2, 0.25) is 0 Å². The molecule has 2 rings (SSSR count). The van der Waals surface area contributed by atoms with Crippen LogP contribution in [0.15, 0.2) is 11.0 Å². The van der Waals surface area contributed by atoms with Gasteiger partial charge in [-0.2, -0.15) is 14.3 Å². The quantitative estimate of drug-likeness (QED) is 0.496. The van der Waals surface area contributed by atoms with Gasteiger partial charge in [-0.05, 0) is 6.42 Å². The highest BCUT2D eigenvalue weighted by Gasteiger charge is 2.48. The molecule has 5 N–H and O–H groups in total. The number of nitrogens with zero attached hydrogens (tertiary/aromatic N) is 1. The Bertz CT molecular complexity index is 521. The van der Waals surface area contributed by atoms with E-state index in [0.717, 1.165) is 4.57 Å². The molecule has 1 saturated heterocycles. The molecular weight excluding hydrogens is 257 g/mol. The lowest BCUT2D eigenvalue weighted by Crippen LogP contribution is -2.57. The second kappa shape index (κ2) is 5.24. The third-order valence-corrected chi connectivity index (χ3v) is 3.25. The topological polar surface area (TPSA) is 112 Å². The van der Waals surface area contributed by atoms with Gasteiger partial charge in [0.15, 0.2) is 12.0 Å². The van der Waals surface area contributed by atoms with Gasteiger partial charge in [0, 0.05) is 0 Å². The Hall–Kier alpha value is -1.51. The lowest BCUT2D eigenvalue weighted by molar-refractivity contribution is -0.778. The predicted octanol–water partition coefficient (Wildman–Crippen LogP) is -1.60. The number of nitrogens with two attached hydrogens (primary N) is 1. The standard InChI is InChI=1S/C11H16FN3O4/c1-2-5-3-15(11(18)14-9(5)13)10-7(12)8(17)6(4-16)19-10/h3,6-8,10,16-17H,2,4H2,1H3,(H2,13,14,18)/p+1. The van der Waals surface area contributed by atoms with Crippen LogP contribution >= 0.6 is 0 Å². The first-order valence-corrected chi connectivity index (χ1v) is 6.00. The zero-order valence-corrected chi connectivity index (χ0v) is 10.4. The van der Waals surface area contributed by atoms with E-state index < -0.39 is 36.9 Å². The third-order valence-electron chi connectivity index (χ3n) is 3.25. The van der Waals surface area contributed by atoms with Crippen LogP contribution in [0.1, 0.15) is 18.7 Å². The van der Waals surface area contributed by atoms with Crippen molar-refractivity contribution in [1.82, 2.24) is 4.98 Å². The van der Waals surface area contributed by atoms with Gasteiger partial charge < -0.3 is 20.7 Å². The average Bonchev–Trinajstić information content (AvgIpc) is 2.67. The first-order chi connectivity index (χ1) is 8.99. The lowest BCUT2D eigenvalue weighted by atomic mass is 10.1. The lowest BCUT2D eigenvalue weighted by Gasteiger charge is -2.11. The fourth-order valence-electron chi connectivity index (χ4n) is 2.11. The maximum atomic E-state index is 13.9. The molecule has 0 amide bonds. The fraction of sp³-hybridized carbons (Fsp3) is 0.636. The Morgan fingerprint density at radius 3 is 2.84 bits per heavy atom. The Morgan fingerprint density at radius 2 is 2.32 bits per heavy atom. The molecule has 19 heavy (non-hydrogen) atoms. The number of H-pyrrole nitrogens is 1. The molecule has 4 atom stereocenters. The molecule has 4 unspecified atom stereocenters. The highest BCUT2D eigenvalue weighted by atomic mass is 19.1. The van der Waals surface area contributed by atoms with Crippen molar-refractivity contribution in [3.8, 4) is 0 Å². The van der Waals surface area contributed by atoms with Crippen molar-refractivity contribution >= 4 is 5.82 Å². The van der Waals surface area contributed by atoms with E-state index in [9.17, 15) is 14.3 Å². The van der Waals surface area contributed by atoms with E-state index in [1.807, 2.05) is 6.92 Å². The van der Waals surface area contributed by atoms with E-state index in [1.54, 1.807) is 0 Å². The van der Waals surface area contributed by atoms with Crippen molar-refractivity contribution in [2.75, 3.05) is 12.3 Å². The van der Waals surface area contributed by atoms with Crippen LogP contribution < -0.4 is 16.0 Å². The highest BCUT2D eigenvalue weighted by molar-refractivity contribution is 5.34. The molecule has 0 radical (unpaired) electrons. The molecule has 0 aliphatic carbocycles. The van der Waals surface area contributed by atoms with E-state index in [4.69, 9.17) is 15.6 Å². The van der Waals surface area contributed by atoms with E-state index in [1.165, 1.54) is 6.20 Å². The highest BCUT2D eigenvalue weighted by Crippen LogP contribution is 2.27. The molecule has 7 nitrogen and oxygen atoms in total. The van der Waals surface area contributed by atoms with Gasteiger partial charge in [-0.1, -0.05) is 6.92 Å². The molecule has 8 heteroatoms. The Kier molecular flexibility index (Phi) is 3.83. The summed E-state index contributed by atoms with van der Waals surface area (Å²) >= 11 is 0. The monoisotopic (exact) mass is 274 g/mol. The number of anilines is 1. The summed E-state index contributed by atoms with van der Waals surface area (Å²) in [6, 6.07) is 0. The number of halogens is 1. The van der Waals surface area contributed by atoms with Gasteiger partial charge in [-0.3, -0.25) is 0 Å². The smallest absolute Gasteiger partial charge is 0.394 e. The molecule has 1 aromatic rings. The summed E-state index contributed by atoms with van der Waals surface area (Å²) in [5.74, 6) is 0.219. The minimum Gasteiger partial charge on any atom is -0.394 e. The van der Waals surface area contributed by atoms with Crippen molar-refractivity contribution in [2.45, 2.75) is 38.0 Å². The van der Waals surface area contributed by atoms with E-state index in [-0.39, 0.29) is 5.82 Å². The average molecular weight is 274 g/mol. The number of aliphatic hydroxyl groups excluding tert-OH is 2. The minimum atomic E-state index is -1.79. The first-order valence-electron chi connectivity index (χ1n) is 6.00. The number of aromatic nitrogens is 2. The van der Waals surface area contributed by atoms with Gasteiger partial charge in [0.05, 0.1) is 12.2 Å². The molecule has 0 aromatic carbocycles. The Balaban J connectivity index is 2.40. The number of aryl methyl sites for hydroxylation is 1. The number of hydrogen-bond acceptors (Lipinski definition) is 5. The SMILES string of the molecule is CCc1c[n+](C2OC(CO)C(O)C2F)c(=O)[nH]c1N. The number of hydrogen-bond donors (Lipinski definition) is 4. The number of ether oxygens (including phenoxy) is 1. The summed E-state index contributed by atoms with van der Waals surface area (Å²) in [6.45, 7) is 1.31. The fourth-order valence-corrected chi connectivity index (χ4v) is 2.11. The zero-order chi connectivity index (χ0) is 14.2. The van der Waals surface area contributed by atoms with E-state index >= 15 is 0 Å². The predicted molar refractivity (Wildman–Crippen MR) is 62.9 cm³/mol. The number of alkyl halides is 1. The van der Waals surface area contributed by atoms with Crippen molar-refractivity contribution in [3.05, 3.63) is 22.2 Å². The van der Waals surface area contributed by atoms with Crippen LogP contribution in [0.5, 0.6) is 0 Å². The molecular formula is C11H17FN3O4+. The first kappa shape index (κ1) is 13.9. The third kappa shape index (κ3) is 2.34. The van der Waals surface area contributed by atoms with Crippen LogP contribution in [0.4, 0.5) is 10.2 Å².